The Morgan fingerprint density at radius 3 is 1.50 bits per heavy atom. The molecule has 0 saturated carbocycles. The molecular formula is C31H32O. The summed E-state index contributed by atoms with van der Waals surface area (Å²) < 4.78 is 0. The Morgan fingerprint density at radius 1 is 0.562 bits per heavy atom. The highest BCUT2D eigenvalue weighted by molar-refractivity contribution is 6.51. The highest BCUT2D eigenvalue weighted by atomic mass is 16.1. The first-order valence-corrected chi connectivity index (χ1v) is 11.3. The number of ketones is 1. The van der Waals surface area contributed by atoms with Gasteiger partial charge in [-0.1, -0.05) is 120 Å². The molecule has 0 aromatic heterocycles. The molecule has 4 rings (SSSR count). The Hall–Kier alpha value is -3.19. The van der Waals surface area contributed by atoms with Crippen LogP contribution in [0.2, 0.25) is 0 Å². The van der Waals surface area contributed by atoms with E-state index in [-0.39, 0.29) is 16.6 Å². The van der Waals surface area contributed by atoms with E-state index in [1.54, 1.807) is 0 Å². The topological polar surface area (TPSA) is 17.1 Å². The minimum absolute atomic E-state index is 0.0120. The van der Waals surface area contributed by atoms with Gasteiger partial charge in [0.05, 0.1) is 0 Å². The number of benzene rings is 3. The molecule has 1 aliphatic rings. The van der Waals surface area contributed by atoms with Gasteiger partial charge in [-0.25, -0.2) is 0 Å². The Balaban J connectivity index is 1.99. The number of carbonyl (C=O) groups excluding carboxylic acids is 1. The minimum atomic E-state index is 0.0120. The van der Waals surface area contributed by atoms with E-state index in [1.165, 1.54) is 11.1 Å². The number of hydrogen-bond donors (Lipinski definition) is 0. The Morgan fingerprint density at radius 2 is 1.03 bits per heavy atom. The van der Waals surface area contributed by atoms with Crippen LogP contribution in [0.5, 0.6) is 0 Å². The predicted octanol–water partition coefficient (Wildman–Crippen LogP) is 7.86. The molecule has 0 unspecified atom stereocenters. The molecule has 0 aliphatic heterocycles. The normalized spacial score (nSPS) is 14.7. The van der Waals surface area contributed by atoms with Crippen LogP contribution in [-0.4, -0.2) is 5.78 Å². The van der Waals surface area contributed by atoms with Crippen LogP contribution in [0, 0.1) is 0 Å². The van der Waals surface area contributed by atoms with Gasteiger partial charge >= 0.3 is 0 Å². The molecule has 162 valence electrons. The molecule has 0 spiro atoms. The van der Waals surface area contributed by atoms with Crippen LogP contribution in [0.15, 0.2) is 84.9 Å². The van der Waals surface area contributed by atoms with Gasteiger partial charge in [0, 0.05) is 11.1 Å². The predicted molar refractivity (Wildman–Crippen MR) is 137 cm³/mol. The smallest absolute Gasteiger partial charge is 0.194 e. The lowest BCUT2D eigenvalue weighted by Crippen LogP contribution is -2.17. The van der Waals surface area contributed by atoms with Crippen LogP contribution < -0.4 is 0 Å². The van der Waals surface area contributed by atoms with Gasteiger partial charge in [0.2, 0.25) is 0 Å². The zero-order chi connectivity index (χ0) is 23.1. The molecule has 32 heavy (non-hydrogen) atoms. The highest BCUT2D eigenvalue weighted by Gasteiger charge is 2.30. The Kier molecular flexibility index (Phi) is 5.54. The summed E-state index contributed by atoms with van der Waals surface area (Å²) in [5.74, 6) is 0.0934. The van der Waals surface area contributed by atoms with Gasteiger partial charge in [-0.3, -0.25) is 4.79 Å². The number of hydrogen-bond acceptors (Lipinski definition) is 1. The number of rotatable bonds is 3. The van der Waals surface area contributed by atoms with Crippen molar-refractivity contribution in [3.63, 3.8) is 0 Å². The summed E-state index contributed by atoms with van der Waals surface area (Å²) in [6, 6.07) is 26.9. The molecule has 1 heteroatoms. The largest absolute Gasteiger partial charge is 0.289 e. The van der Waals surface area contributed by atoms with Gasteiger partial charge in [-0.05, 0) is 50.3 Å². The molecule has 0 amide bonds. The van der Waals surface area contributed by atoms with Gasteiger partial charge in [0.15, 0.2) is 5.78 Å². The van der Waals surface area contributed by atoms with Gasteiger partial charge in [-0.15, -0.1) is 0 Å². The molecule has 1 aliphatic carbocycles. The maximum Gasteiger partial charge on any atom is 0.194 e. The average Bonchev–Trinajstić information content (AvgIpc) is 3.10. The van der Waals surface area contributed by atoms with Crippen molar-refractivity contribution >= 4 is 22.5 Å². The third-order valence-electron chi connectivity index (χ3n) is 6.15. The summed E-state index contributed by atoms with van der Waals surface area (Å²) in [6.45, 7) is 13.5. The van der Waals surface area contributed by atoms with Crippen molar-refractivity contribution in [3.8, 4) is 0 Å². The summed E-state index contributed by atoms with van der Waals surface area (Å²) in [7, 11) is 0. The molecular weight excluding hydrogens is 388 g/mol. The van der Waals surface area contributed by atoms with E-state index >= 15 is 0 Å². The fourth-order valence-electron chi connectivity index (χ4n) is 4.14. The van der Waals surface area contributed by atoms with Gasteiger partial charge < -0.3 is 0 Å². The van der Waals surface area contributed by atoms with Crippen LogP contribution in [0.3, 0.4) is 0 Å². The molecule has 0 radical (unpaired) electrons. The monoisotopic (exact) mass is 420 g/mol. The number of carbonyl (C=O) groups is 1. The Bertz CT molecular complexity index is 1180. The summed E-state index contributed by atoms with van der Waals surface area (Å²) >= 11 is 0. The highest BCUT2D eigenvalue weighted by Crippen LogP contribution is 2.42. The van der Waals surface area contributed by atoms with Crippen LogP contribution in [0.4, 0.5) is 0 Å². The fourth-order valence-corrected chi connectivity index (χ4v) is 4.14. The van der Waals surface area contributed by atoms with E-state index in [4.69, 9.17) is 0 Å². The lowest BCUT2D eigenvalue weighted by Gasteiger charge is -2.26. The summed E-state index contributed by atoms with van der Waals surface area (Å²) in [5, 5.41) is 0. The second kappa shape index (κ2) is 8.06. The molecule has 0 fully saturated rings. The van der Waals surface area contributed by atoms with Crippen molar-refractivity contribution in [1.29, 1.82) is 0 Å². The third-order valence-corrected chi connectivity index (χ3v) is 6.15. The maximum atomic E-state index is 13.7. The first-order valence-electron chi connectivity index (χ1n) is 11.3. The maximum absolute atomic E-state index is 13.7. The average molecular weight is 421 g/mol. The van der Waals surface area contributed by atoms with Gasteiger partial charge in [0.25, 0.3) is 0 Å². The van der Waals surface area contributed by atoms with Crippen LogP contribution in [0.1, 0.15) is 69.4 Å². The zero-order valence-electron chi connectivity index (χ0n) is 20.0. The molecule has 3 aromatic rings. The van der Waals surface area contributed by atoms with Crippen molar-refractivity contribution < 1.29 is 4.79 Å². The van der Waals surface area contributed by atoms with E-state index in [9.17, 15) is 4.79 Å². The molecule has 0 bridgehead atoms. The van der Waals surface area contributed by atoms with E-state index in [0.717, 1.165) is 33.4 Å². The van der Waals surface area contributed by atoms with E-state index in [2.05, 4.69) is 65.8 Å². The minimum Gasteiger partial charge on any atom is -0.289 e. The van der Waals surface area contributed by atoms with Gasteiger partial charge in [-0.2, -0.15) is 0 Å². The second-order valence-electron chi connectivity index (χ2n) is 10.7. The second-order valence-corrected chi connectivity index (χ2v) is 10.7. The zero-order valence-corrected chi connectivity index (χ0v) is 20.0. The third kappa shape index (κ3) is 4.25. The molecule has 3 aromatic carbocycles. The molecule has 0 atom stereocenters. The Labute approximate surface area is 192 Å². The quantitative estimate of drug-likeness (QED) is 0.421. The molecule has 0 saturated heterocycles. The first kappa shape index (κ1) is 22.0. The van der Waals surface area contributed by atoms with Crippen LogP contribution >= 0.6 is 0 Å². The van der Waals surface area contributed by atoms with Crippen molar-refractivity contribution in [2.75, 3.05) is 0 Å². The number of allylic oxidation sites excluding steroid dienone is 4. The van der Waals surface area contributed by atoms with Crippen molar-refractivity contribution in [1.82, 2.24) is 0 Å². The van der Waals surface area contributed by atoms with Crippen molar-refractivity contribution in [2.24, 2.45) is 0 Å². The summed E-state index contributed by atoms with van der Waals surface area (Å²) in [5.41, 5.74) is 8.20. The van der Waals surface area contributed by atoms with E-state index < -0.39 is 0 Å². The number of Topliss-reactive ketones (excluding diaryl/α,β-unsaturated/α-hetero) is 1. The van der Waals surface area contributed by atoms with Crippen LogP contribution in [0.25, 0.3) is 16.7 Å². The van der Waals surface area contributed by atoms with Gasteiger partial charge in [0.1, 0.15) is 0 Å². The fraction of sp³-hybridized carbons (Fsp3) is 0.258. The summed E-state index contributed by atoms with van der Waals surface area (Å²) in [6.07, 6.45) is 2.09. The standard InChI is InChI=1S/C31H32O/c1-30(2,3)24-17-23(18-25(19-24)31(4,5)6)26-20-27(21-13-9-7-10-14-21)29(32)28(26)22-15-11-8-12-16-22/h7-20H,1-6H3. The first-order chi connectivity index (χ1) is 15.1. The molecule has 0 N–H and O–H groups in total. The van der Waals surface area contributed by atoms with E-state index in [0.29, 0.717) is 0 Å². The lowest BCUT2D eigenvalue weighted by atomic mass is 9.78. The SMILES string of the molecule is CC(C)(C)c1cc(C2=C(c3ccccc3)C(=O)C(c3ccccc3)=C2)cc(C(C)(C)C)c1. The molecule has 0 heterocycles. The van der Waals surface area contributed by atoms with E-state index in [1.807, 2.05) is 60.7 Å². The van der Waals surface area contributed by atoms with Crippen LogP contribution in [-0.2, 0) is 15.6 Å². The summed E-state index contributed by atoms with van der Waals surface area (Å²) in [4.78, 5) is 13.7. The molecule has 1 nitrogen and oxygen atoms in total. The lowest BCUT2D eigenvalue weighted by molar-refractivity contribution is -0.108. The van der Waals surface area contributed by atoms with Crippen molar-refractivity contribution in [3.05, 3.63) is 113 Å². The van der Waals surface area contributed by atoms with Crippen molar-refractivity contribution in [2.45, 2.75) is 52.4 Å².